The summed E-state index contributed by atoms with van der Waals surface area (Å²) in [5.41, 5.74) is 0. The molecule has 1 unspecified atom stereocenters. The van der Waals surface area contributed by atoms with Crippen LogP contribution >= 0.6 is 28.4 Å². The highest BCUT2D eigenvalue weighted by Crippen LogP contribution is 2.52. The van der Waals surface area contributed by atoms with Crippen molar-refractivity contribution in [3.63, 3.8) is 0 Å². The van der Waals surface area contributed by atoms with Gasteiger partial charge in [0, 0.05) is 5.75 Å². The van der Waals surface area contributed by atoms with Gasteiger partial charge < -0.3 is 5.11 Å². The maximum Gasteiger partial charge on any atom is 0.0513 e. The van der Waals surface area contributed by atoms with Gasteiger partial charge >= 0.3 is 0 Å². The van der Waals surface area contributed by atoms with Crippen molar-refractivity contribution >= 4 is 28.4 Å². The van der Waals surface area contributed by atoms with Crippen LogP contribution in [0.1, 0.15) is 32.6 Å². The van der Waals surface area contributed by atoms with Crippen LogP contribution in [0, 0.1) is 0 Å². The van der Waals surface area contributed by atoms with E-state index in [4.69, 9.17) is 5.11 Å². The molecule has 0 aromatic carbocycles. The molecule has 0 saturated heterocycles. The minimum atomic E-state index is -0.492. The largest absolute Gasteiger partial charge is 0.396 e. The van der Waals surface area contributed by atoms with Crippen LogP contribution in [0.5, 0.6) is 0 Å². The summed E-state index contributed by atoms with van der Waals surface area (Å²) >= 11 is 2.55. The first-order chi connectivity index (χ1) is 5.62. The van der Waals surface area contributed by atoms with Crippen LogP contribution in [0.25, 0.3) is 0 Å². The summed E-state index contributed by atoms with van der Waals surface area (Å²) < 4.78 is 0. The Kier molecular flexibility index (Phi) is 8.09. The number of hydrogen-bond acceptors (Lipinski definition) is 1. The summed E-state index contributed by atoms with van der Waals surface area (Å²) in [5, 5.41) is 8.82. The van der Waals surface area contributed by atoms with Crippen molar-refractivity contribution in [2.24, 2.45) is 0 Å². The number of halogens is 1. The molecule has 1 nitrogen and oxygen atoms in total. The predicted octanol–water partition coefficient (Wildman–Crippen LogP) is 3.34. The Morgan fingerprint density at radius 2 is 1.83 bits per heavy atom. The molecule has 0 radical (unpaired) electrons. The summed E-state index contributed by atoms with van der Waals surface area (Å²) in [6.45, 7) is 2.60. The van der Waals surface area contributed by atoms with Crippen molar-refractivity contribution in [2.45, 2.75) is 32.6 Å². The van der Waals surface area contributed by atoms with Crippen LogP contribution in [0.2, 0.25) is 0 Å². The average molecular weight is 304 g/mol. The summed E-state index contributed by atoms with van der Waals surface area (Å²) in [6, 6.07) is 0. The molecule has 0 aromatic heterocycles. The molecule has 76 valence electrons. The maximum absolute atomic E-state index is 8.82. The fourth-order valence-electron chi connectivity index (χ4n) is 1.12. The first-order valence-corrected chi connectivity index (χ1v) is 9.59. The molecule has 1 atom stereocenters. The van der Waals surface area contributed by atoms with E-state index in [1.807, 2.05) is 0 Å². The average Bonchev–Trinajstić information content (AvgIpc) is 1.98. The van der Waals surface area contributed by atoms with Crippen molar-refractivity contribution < 1.29 is 5.11 Å². The summed E-state index contributed by atoms with van der Waals surface area (Å²) in [6.07, 6.45) is 7.71. The van der Waals surface area contributed by atoms with E-state index in [0.29, 0.717) is 6.61 Å². The first kappa shape index (κ1) is 13.0. The predicted molar refractivity (Wildman–Crippen MR) is 68.5 cm³/mol. The van der Waals surface area contributed by atoms with Crippen LogP contribution in [0.3, 0.4) is 0 Å². The highest BCUT2D eigenvalue weighted by Gasteiger charge is 2.11. The van der Waals surface area contributed by atoms with Gasteiger partial charge in [-0.05, 0) is 39.6 Å². The monoisotopic (exact) mass is 304 g/mol. The minimum absolute atomic E-state index is 0.364. The van der Waals surface area contributed by atoms with E-state index in [-0.39, 0.29) is 0 Å². The second kappa shape index (κ2) is 7.44. The van der Waals surface area contributed by atoms with E-state index in [1.165, 1.54) is 31.4 Å². The lowest BCUT2D eigenvalue weighted by atomic mass is 10.2. The molecular weight excluding hydrogens is 283 g/mol. The molecule has 0 saturated carbocycles. The van der Waals surface area contributed by atoms with Crippen LogP contribution in [0.15, 0.2) is 0 Å². The zero-order chi connectivity index (χ0) is 9.45. The molecule has 1 N–H and O–H groups in total. The molecule has 12 heavy (non-hydrogen) atoms. The maximum atomic E-state index is 8.82. The number of hydrogen-bond donors (Lipinski definition) is 1. The fraction of sp³-hybridized carbons (Fsp3) is 1.00. The Balaban J connectivity index is 3.33. The van der Waals surface area contributed by atoms with Crippen molar-refractivity contribution in [3.8, 4) is 0 Å². The van der Waals surface area contributed by atoms with Gasteiger partial charge in [0.15, 0.2) is 0 Å². The van der Waals surface area contributed by atoms with E-state index >= 15 is 0 Å². The van der Waals surface area contributed by atoms with Crippen molar-refractivity contribution in [1.29, 1.82) is 0 Å². The van der Waals surface area contributed by atoms with Crippen molar-refractivity contribution in [3.05, 3.63) is 0 Å². The van der Waals surface area contributed by atoms with Gasteiger partial charge in [-0.2, -0.15) is 7.20 Å². The Labute approximate surface area is 90.2 Å². The molecule has 0 rings (SSSR count). The van der Waals surface area contributed by atoms with Gasteiger partial charge in [-0.1, -0.05) is 26.2 Å². The molecular formula is C9H21IOS. The molecule has 0 aliphatic rings. The Morgan fingerprint density at radius 1 is 1.17 bits per heavy atom. The van der Waals surface area contributed by atoms with Gasteiger partial charge in [0.25, 0.3) is 0 Å². The van der Waals surface area contributed by atoms with Gasteiger partial charge in [-0.25, -0.2) is 0 Å². The summed E-state index contributed by atoms with van der Waals surface area (Å²) in [7, 11) is -0.492. The minimum Gasteiger partial charge on any atom is -0.396 e. The normalized spacial score (nSPS) is 18.7. The molecule has 0 spiro atoms. The highest BCUT2D eigenvalue weighted by molar-refractivity contribution is 14.2. The SMILES string of the molecule is CCCCCCS(C)(I)CCO. The van der Waals surface area contributed by atoms with Gasteiger partial charge in [0.2, 0.25) is 0 Å². The lowest BCUT2D eigenvalue weighted by molar-refractivity contribution is 0.322. The van der Waals surface area contributed by atoms with E-state index < -0.39 is 7.20 Å². The Hall–Kier alpha value is 1.04. The van der Waals surface area contributed by atoms with Crippen LogP contribution < -0.4 is 0 Å². The molecule has 0 fully saturated rings. The topological polar surface area (TPSA) is 20.2 Å². The van der Waals surface area contributed by atoms with E-state index in [1.54, 1.807) is 0 Å². The lowest BCUT2D eigenvalue weighted by Crippen LogP contribution is -2.04. The quantitative estimate of drug-likeness (QED) is 0.565. The lowest BCUT2D eigenvalue weighted by Gasteiger charge is -2.27. The van der Waals surface area contributed by atoms with Gasteiger partial charge in [0.05, 0.1) is 6.61 Å². The number of aliphatic hydroxyl groups excluding tert-OH is 1. The number of rotatable bonds is 7. The Bertz CT molecular complexity index is 107. The van der Waals surface area contributed by atoms with Crippen molar-refractivity contribution in [1.82, 2.24) is 0 Å². The molecule has 3 heteroatoms. The van der Waals surface area contributed by atoms with Crippen LogP contribution in [-0.2, 0) is 0 Å². The van der Waals surface area contributed by atoms with Crippen molar-refractivity contribution in [2.75, 3.05) is 24.4 Å². The molecule has 0 amide bonds. The number of aliphatic hydroxyl groups is 1. The second-order valence-corrected chi connectivity index (χ2v) is 12.9. The zero-order valence-electron chi connectivity index (χ0n) is 8.18. The van der Waals surface area contributed by atoms with Crippen LogP contribution in [0.4, 0.5) is 0 Å². The third-order valence-corrected chi connectivity index (χ3v) is 6.76. The molecule has 0 aromatic rings. The number of unbranched alkanes of at least 4 members (excludes halogenated alkanes) is 3. The van der Waals surface area contributed by atoms with Gasteiger partial charge in [-0.15, -0.1) is 0 Å². The van der Waals surface area contributed by atoms with E-state index in [0.717, 1.165) is 5.75 Å². The summed E-state index contributed by atoms with van der Waals surface area (Å²) in [4.78, 5) is 0. The zero-order valence-corrected chi connectivity index (χ0v) is 11.2. The summed E-state index contributed by atoms with van der Waals surface area (Å²) in [5.74, 6) is 2.34. The second-order valence-electron chi connectivity index (χ2n) is 3.35. The molecule has 0 aliphatic heterocycles. The smallest absolute Gasteiger partial charge is 0.0513 e. The fourth-order valence-corrected chi connectivity index (χ4v) is 4.04. The van der Waals surface area contributed by atoms with E-state index in [2.05, 4.69) is 34.4 Å². The third kappa shape index (κ3) is 7.68. The molecule has 0 bridgehead atoms. The standard InChI is InChI=1S/C9H21IOS/c1-3-4-5-6-8-12(2,10)9-7-11/h11H,3-9H2,1-2H3. The molecule has 0 aliphatic carbocycles. The van der Waals surface area contributed by atoms with Gasteiger partial charge in [0.1, 0.15) is 0 Å². The van der Waals surface area contributed by atoms with Crippen LogP contribution in [-0.4, -0.2) is 29.5 Å². The third-order valence-electron chi connectivity index (χ3n) is 1.94. The Morgan fingerprint density at radius 3 is 2.33 bits per heavy atom. The van der Waals surface area contributed by atoms with E-state index in [9.17, 15) is 0 Å². The highest BCUT2D eigenvalue weighted by atomic mass is 127. The first-order valence-electron chi connectivity index (χ1n) is 4.66. The molecule has 0 heterocycles. The van der Waals surface area contributed by atoms with Gasteiger partial charge in [-0.3, -0.25) is 0 Å².